The number of pyridine rings is 2. The Morgan fingerprint density at radius 2 is 1.69 bits per heavy atom. The Morgan fingerprint density at radius 1 is 0.897 bits per heavy atom. The van der Waals surface area contributed by atoms with Crippen LogP contribution in [0.2, 0.25) is 0 Å². The Morgan fingerprint density at radius 3 is 2.52 bits per heavy atom. The maximum Gasteiger partial charge on any atom is 0.274 e. The molecule has 1 aliphatic rings. The monoisotopic (exact) mass is 390 g/mol. The fraction of sp³-hybridized carbons (Fsp3) is 0.143. The van der Waals surface area contributed by atoms with Gasteiger partial charge in [-0.2, -0.15) is 0 Å². The molecule has 0 fully saturated rings. The lowest BCUT2D eigenvalue weighted by molar-refractivity contribution is 0.0950. The van der Waals surface area contributed by atoms with Crippen molar-refractivity contribution < 1.29 is 19.1 Å². The molecule has 0 unspecified atom stereocenters. The molecule has 0 aliphatic carbocycles. The highest BCUT2D eigenvalue weighted by Gasteiger charge is 2.15. The molecule has 2 amide bonds. The number of benzene rings is 1. The molecule has 0 bridgehead atoms. The molecular weight excluding hydrogens is 372 g/mol. The summed E-state index contributed by atoms with van der Waals surface area (Å²) in [4.78, 5) is 33.0. The summed E-state index contributed by atoms with van der Waals surface area (Å²) in [7, 11) is 0. The van der Waals surface area contributed by atoms with Gasteiger partial charge in [0, 0.05) is 42.5 Å². The lowest BCUT2D eigenvalue weighted by Crippen LogP contribution is -2.23. The maximum atomic E-state index is 12.6. The summed E-state index contributed by atoms with van der Waals surface area (Å²) < 4.78 is 11.0. The summed E-state index contributed by atoms with van der Waals surface area (Å²) in [6.07, 6.45) is 4.75. The molecule has 3 aromatic rings. The van der Waals surface area contributed by atoms with Gasteiger partial charge >= 0.3 is 0 Å². The van der Waals surface area contributed by atoms with Crippen molar-refractivity contribution in [2.75, 3.05) is 18.5 Å². The molecule has 2 aromatic heterocycles. The minimum atomic E-state index is -0.425. The molecular formula is C21H18N4O4. The fourth-order valence-electron chi connectivity index (χ4n) is 2.80. The Hall–Kier alpha value is -3.94. The van der Waals surface area contributed by atoms with Crippen LogP contribution in [0, 0.1) is 0 Å². The third-order valence-electron chi connectivity index (χ3n) is 4.26. The van der Waals surface area contributed by atoms with Crippen LogP contribution in [0.15, 0.2) is 61.1 Å². The lowest BCUT2D eigenvalue weighted by atomic mass is 10.2. The molecule has 0 saturated heterocycles. The van der Waals surface area contributed by atoms with Crippen molar-refractivity contribution in [3.63, 3.8) is 0 Å². The Labute approximate surface area is 166 Å². The Balaban J connectivity index is 1.42. The van der Waals surface area contributed by atoms with Crippen LogP contribution in [0.4, 0.5) is 5.69 Å². The summed E-state index contributed by atoms with van der Waals surface area (Å²) in [6, 6.07) is 11.8. The van der Waals surface area contributed by atoms with E-state index in [1.54, 1.807) is 36.7 Å². The molecule has 8 nitrogen and oxygen atoms in total. The second-order valence-corrected chi connectivity index (χ2v) is 6.28. The number of nitrogens with zero attached hydrogens (tertiary/aromatic N) is 2. The number of hydrogen-bond donors (Lipinski definition) is 2. The normalized spacial score (nSPS) is 12.1. The topological polar surface area (TPSA) is 102 Å². The van der Waals surface area contributed by atoms with Crippen LogP contribution >= 0.6 is 0 Å². The highest BCUT2D eigenvalue weighted by Crippen LogP contribution is 2.32. The molecule has 1 aromatic carbocycles. The van der Waals surface area contributed by atoms with E-state index >= 15 is 0 Å². The van der Waals surface area contributed by atoms with Crippen LogP contribution in [0.1, 0.15) is 26.4 Å². The lowest BCUT2D eigenvalue weighted by Gasteiger charge is -2.19. The van der Waals surface area contributed by atoms with Gasteiger partial charge in [0.2, 0.25) is 0 Å². The molecule has 0 saturated carbocycles. The van der Waals surface area contributed by atoms with Crippen LogP contribution in [0.25, 0.3) is 0 Å². The highest BCUT2D eigenvalue weighted by molar-refractivity contribution is 6.04. The van der Waals surface area contributed by atoms with E-state index in [-0.39, 0.29) is 11.6 Å². The third kappa shape index (κ3) is 4.49. The Bertz CT molecular complexity index is 1040. The number of amides is 2. The van der Waals surface area contributed by atoms with E-state index in [1.165, 1.54) is 12.3 Å². The van der Waals surface area contributed by atoms with Crippen LogP contribution in [-0.4, -0.2) is 35.0 Å². The number of carbonyl (C=O) groups excluding carboxylic acids is 2. The van der Waals surface area contributed by atoms with Crippen molar-refractivity contribution in [3.05, 3.63) is 77.9 Å². The van der Waals surface area contributed by atoms with Gasteiger partial charge in [-0.3, -0.25) is 19.6 Å². The van der Waals surface area contributed by atoms with Gasteiger partial charge in [-0.1, -0.05) is 0 Å². The largest absolute Gasteiger partial charge is 0.486 e. The van der Waals surface area contributed by atoms with Crippen LogP contribution < -0.4 is 20.1 Å². The van der Waals surface area contributed by atoms with Crippen LogP contribution in [0.3, 0.4) is 0 Å². The standard InChI is InChI=1S/C21H18N4O4/c26-20(24-13-14-3-6-22-7-4-14)15-5-8-23-17(11-15)21(27)25-16-1-2-18-19(12-16)29-10-9-28-18/h1-8,11-12H,9-10,13H2,(H,24,26)(H,25,27). The van der Waals surface area contributed by atoms with Gasteiger partial charge in [0.15, 0.2) is 11.5 Å². The SMILES string of the molecule is O=C(NCc1ccncc1)c1ccnc(C(=O)Nc2ccc3c(c2)OCCO3)c1. The van der Waals surface area contributed by atoms with Gasteiger partial charge in [-0.05, 0) is 42.0 Å². The Kier molecular flexibility index (Phi) is 5.33. The second kappa shape index (κ2) is 8.39. The summed E-state index contributed by atoms with van der Waals surface area (Å²) in [6.45, 7) is 1.32. The molecule has 1 aliphatic heterocycles. The van der Waals surface area contributed by atoms with Crippen molar-refractivity contribution in [2.24, 2.45) is 0 Å². The van der Waals surface area contributed by atoms with Crippen molar-refractivity contribution >= 4 is 17.5 Å². The fourth-order valence-corrected chi connectivity index (χ4v) is 2.80. The minimum Gasteiger partial charge on any atom is -0.486 e. The summed E-state index contributed by atoms with van der Waals surface area (Å²) in [5, 5.41) is 5.57. The first-order chi connectivity index (χ1) is 14.2. The molecule has 8 heteroatoms. The van der Waals surface area contributed by atoms with Gasteiger partial charge in [0.25, 0.3) is 11.8 Å². The van der Waals surface area contributed by atoms with Gasteiger partial charge < -0.3 is 20.1 Å². The molecule has 0 radical (unpaired) electrons. The quantitative estimate of drug-likeness (QED) is 0.694. The van der Waals surface area contributed by atoms with Gasteiger partial charge in [0.1, 0.15) is 18.9 Å². The number of aromatic nitrogens is 2. The van der Waals surface area contributed by atoms with E-state index in [2.05, 4.69) is 20.6 Å². The van der Waals surface area contributed by atoms with Gasteiger partial charge in [-0.25, -0.2) is 0 Å². The number of fused-ring (bicyclic) bond motifs is 1. The summed E-state index contributed by atoms with van der Waals surface area (Å²) >= 11 is 0. The zero-order chi connectivity index (χ0) is 20.1. The predicted octanol–water partition coefficient (Wildman–Crippen LogP) is 2.43. The van der Waals surface area contributed by atoms with Crippen LogP contribution in [-0.2, 0) is 6.54 Å². The molecule has 29 heavy (non-hydrogen) atoms. The summed E-state index contributed by atoms with van der Waals surface area (Å²) in [5.41, 5.74) is 1.96. The number of anilines is 1. The van der Waals surface area contributed by atoms with E-state index in [4.69, 9.17) is 9.47 Å². The number of hydrogen-bond acceptors (Lipinski definition) is 6. The molecule has 146 valence electrons. The van der Waals surface area contributed by atoms with Gasteiger partial charge in [-0.15, -0.1) is 0 Å². The van der Waals surface area contributed by atoms with Crippen LogP contribution in [0.5, 0.6) is 11.5 Å². The third-order valence-corrected chi connectivity index (χ3v) is 4.26. The molecule has 4 rings (SSSR count). The smallest absolute Gasteiger partial charge is 0.274 e. The summed E-state index contributed by atoms with van der Waals surface area (Å²) in [5.74, 6) is 0.495. The molecule has 3 heterocycles. The van der Waals surface area contributed by atoms with E-state index in [0.717, 1.165) is 5.56 Å². The average molecular weight is 390 g/mol. The van der Waals surface area contributed by atoms with Crippen molar-refractivity contribution in [1.29, 1.82) is 0 Å². The van der Waals surface area contributed by atoms with Crippen molar-refractivity contribution in [1.82, 2.24) is 15.3 Å². The maximum absolute atomic E-state index is 12.6. The second-order valence-electron chi connectivity index (χ2n) is 6.28. The number of carbonyl (C=O) groups is 2. The highest BCUT2D eigenvalue weighted by atomic mass is 16.6. The zero-order valence-electron chi connectivity index (χ0n) is 15.4. The number of ether oxygens (including phenoxy) is 2. The molecule has 0 atom stereocenters. The predicted molar refractivity (Wildman–Crippen MR) is 105 cm³/mol. The first kappa shape index (κ1) is 18.4. The zero-order valence-corrected chi connectivity index (χ0v) is 15.4. The number of rotatable bonds is 5. The molecule has 2 N–H and O–H groups in total. The van der Waals surface area contributed by atoms with E-state index < -0.39 is 5.91 Å². The van der Waals surface area contributed by atoms with Crippen molar-refractivity contribution in [3.8, 4) is 11.5 Å². The van der Waals surface area contributed by atoms with E-state index in [1.807, 2.05) is 12.1 Å². The van der Waals surface area contributed by atoms with E-state index in [9.17, 15) is 9.59 Å². The number of nitrogens with one attached hydrogen (secondary N) is 2. The average Bonchev–Trinajstić information content (AvgIpc) is 2.78. The van der Waals surface area contributed by atoms with Gasteiger partial charge in [0.05, 0.1) is 0 Å². The van der Waals surface area contributed by atoms with Crippen molar-refractivity contribution in [2.45, 2.75) is 6.54 Å². The first-order valence-corrected chi connectivity index (χ1v) is 9.03. The first-order valence-electron chi connectivity index (χ1n) is 9.03. The van der Waals surface area contributed by atoms with E-state index in [0.29, 0.717) is 42.5 Å². The molecule has 0 spiro atoms. The minimum absolute atomic E-state index is 0.136.